The van der Waals surface area contributed by atoms with Crippen molar-refractivity contribution in [3.8, 4) is 11.3 Å². The highest BCUT2D eigenvalue weighted by Gasteiger charge is 2.30. The monoisotopic (exact) mass is 343 g/mol. The van der Waals surface area contributed by atoms with Crippen LogP contribution in [-0.4, -0.2) is 33.9 Å². The second-order valence-corrected chi connectivity index (χ2v) is 5.68. The predicted octanol–water partition coefficient (Wildman–Crippen LogP) is 3.34. The lowest BCUT2D eigenvalue weighted by molar-refractivity contribution is -0.141. The number of amides is 1. The molecular weight excluding hydrogens is 327 g/mol. The molecule has 4 nitrogen and oxygen atoms in total. The summed E-state index contributed by atoms with van der Waals surface area (Å²) in [6.07, 6.45) is -2.97. The Balaban J connectivity index is 2.28. The SMILES string of the molecule is CCNC(=O)CSc1ncc(-c2ccccc2)n1CC(F)(F)F. The number of rotatable bonds is 6. The molecule has 0 bridgehead atoms. The first-order valence-corrected chi connectivity index (χ1v) is 7.96. The zero-order valence-electron chi connectivity index (χ0n) is 12.4. The third kappa shape index (κ3) is 5.02. The molecule has 0 radical (unpaired) electrons. The molecule has 0 aliphatic heterocycles. The highest BCUT2D eigenvalue weighted by Crippen LogP contribution is 2.29. The van der Waals surface area contributed by atoms with E-state index in [0.29, 0.717) is 17.8 Å². The molecule has 23 heavy (non-hydrogen) atoms. The number of carbonyl (C=O) groups excluding carboxylic acids is 1. The standard InChI is InChI=1S/C15H16F3N3OS/c1-2-19-13(22)9-23-14-20-8-12(11-6-4-3-5-7-11)21(14)10-15(16,17)18/h3-8H,2,9-10H2,1H3,(H,19,22). The Morgan fingerprint density at radius 3 is 2.61 bits per heavy atom. The number of imidazole rings is 1. The number of hydrogen-bond acceptors (Lipinski definition) is 3. The van der Waals surface area contributed by atoms with Crippen molar-refractivity contribution in [1.29, 1.82) is 0 Å². The van der Waals surface area contributed by atoms with Crippen molar-refractivity contribution in [3.05, 3.63) is 36.5 Å². The molecule has 0 atom stereocenters. The number of carbonyl (C=O) groups is 1. The number of benzene rings is 1. The summed E-state index contributed by atoms with van der Waals surface area (Å²) in [5.74, 6) is -0.211. The average Bonchev–Trinajstić information content (AvgIpc) is 2.87. The van der Waals surface area contributed by atoms with E-state index < -0.39 is 12.7 Å². The fourth-order valence-corrected chi connectivity index (χ4v) is 2.83. The summed E-state index contributed by atoms with van der Waals surface area (Å²) < 4.78 is 39.7. The summed E-state index contributed by atoms with van der Waals surface area (Å²) in [5, 5.41) is 2.78. The smallest absolute Gasteiger partial charge is 0.356 e. The van der Waals surface area contributed by atoms with Crippen LogP contribution in [0.4, 0.5) is 13.2 Å². The van der Waals surface area contributed by atoms with Gasteiger partial charge < -0.3 is 9.88 Å². The van der Waals surface area contributed by atoms with E-state index in [1.807, 2.05) is 0 Å². The van der Waals surface area contributed by atoms with Crippen LogP contribution in [0.3, 0.4) is 0 Å². The third-order valence-corrected chi connectivity index (χ3v) is 3.92. The maximum Gasteiger partial charge on any atom is 0.406 e. The fraction of sp³-hybridized carbons (Fsp3) is 0.333. The van der Waals surface area contributed by atoms with Crippen LogP contribution in [0.1, 0.15) is 6.92 Å². The molecule has 2 rings (SSSR count). The molecule has 1 aromatic carbocycles. The maximum atomic E-state index is 12.9. The van der Waals surface area contributed by atoms with Gasteiger partial charge in [-0.2, -0.15) is 13.2 Å². The summed E-state index contributed by atoms with van der Waals surface area (Å²) in [7, 11) is 0. The molecule has 124 valence electrons. The summed E-state index contributed by atoms with van der Waals surface area (Å²) in [6.45, 7) is 1.11. The Hall–Kier alpha value is -1.96. The van der Waals surface area contributed by atoms with Crippen LogP contribution in [0.15, 0.2) is 41.7 Å². The molecule has 1 N–H and O–H groups in total. The third-order valence-electron chi connectivity index (χ3n) is 2.93. The molecule has 0 saturated carbocycles. The minimum absolute atomic E-state index is 0.0247. The molecule has 0 unspecified atom stereocenters. The fourth-order valence-electron chi connectivity index (χ4n) is 2.02. The van der Waals surface area contributed by atoms with Crippen LogP contribution in [0.2, 0.25) is 0 Å². The summed E-state index contributed by atoms with van der Waals surface area (Å²) in [5.41, 5.74) is 1.02. The molecule has 1 heterocycles. The van der Waals surface area contributed by atoms with Crippen LogP contribution in [-0.2, 0) is 11.3 Å². The van der Waals surface area contributed by atoms with E-state index in [1.165, 1.54) is 6.20 Å². The van der Waals surface area contributed by atoms with Crippen molar-refractivity contribution in [2.75, 3.05) is 12.3 Å². The number of alkyl halides is 3. The Morgan fingerprint density at radius 2 is 2.00 bits per heavy atom. The van der Waals surface area contributed by atoms with Gasteiger partial charge in [0.25, 0.3) is 0 Å². The Labute approximate surface area is 136 Å². The average molecular weight is 343 g/mol. The molecule has 2 aromatic rings. The summed E-state index contributed by atoms with van der Waals surface area (Å²) in [4.78, 5) is 15.6. The number of nitrogens with one attached hydrogen (secondary N) is 1. The van der Waals surface area contributed by atoms with Gasteiger partial charge in [0.15, 0.2) is 5.16 Å². The van der Waals surface area contributed by atoms with Crippen molar-refractivity contribution in [1.82, 2.24) is 14.9 Å². The number of thioether (sulfide) groups is 1. The number of nitrogens with zero attached hydrogens (tertiary/aromatic N) is 2. The van der Waals surface area contributed by atoms with Crippen molar-refractivity contribution >= 4 is 17.7 Å². The quantitative estimate of drug-likeness (QED) is 0.819. The molecule has 0 fully saturated rings. The second-order valence-electron chi connectivity index (χ2n) is 4.74. The van der Waals surface area contributed by atoms with Gasteiger partial charge in [0, 0.05) is 6.54 Å². The van der Waals surface area contributed by atoms with E-state index in [9.17, 15) is 18.0 Å². The normalized spacial score (nSPS) is 11.5. The lowest BCUT2D eigenvalue weighted by atomic mass is 10.2. The molecule has 1 amide bonds. The van der Waals surface area contributed by atoms with Crippen LogP contribution >= 0.6 is 11.8 Å². The van der Waals surface area contributed by atoms with Crippen LogP contribution in [0.25, 0.3) is 11.3 Å². The molecule has 0 aliphatic rings. The largest absolute Gasteiger partial charge is 0.406 e. The van der Waals surface area contributed by atoms with E-state index >= 15 is 0 Å². The molecule has 0 aliphatic carbocycles. The van der Waals surface area contributed by atoms with Gasteiger partial charge in [-0.1, -0.05) is 42.1 Å². The topological polar surface area (TPSA) is 46.9 Å². The number of halogens is 3. The summed E-state index contributed by atoms with van der Waals surface area (Å²) >= 11 is 0.991. The van der Waals surface area contributed by atoms with Gasteiger partial charge >= 0.3 is 6.18 Å². The van der Waals surface area contributed by atoms with E-state index in [1.54, 1.807) is 37.3 Å². The molecule has 0 spiro atoms. The van der Waals surface area contributed by atoms with Crippen molar-refractivity contribution < 1.29 is 18.0 Å². The number of hydrogen-bond donors (Lipinski definition) is 1. The molecular formula is C15H16F3N3OS. The second kappa shape index (κ2) is 7.54. The first-order chi connectivity index (χ1) is 10.9. The molecule has 1 aromatic heterocycles. The van der Waals surface area contributed by atoms with Crippen LogP contribution < -0.4 is 5.32 Å². The first kappa shape index (κ1) is 17.4. The first-order valence-electron chi connectivity index (χ1n) is 6.98. The van der Waals surface area contributed by atoms with Gasteiger partial charge in [-0.25, -0.2) is 4.98 Å². The van der Waals surface area contributed by atoms with Gasteiger partial charge in [0.2, 0.25) is 5.91 Å². The minimum Gasteiger partial charge on any atom is -0.356 e. The number of aromatic nitrogens is 2. The van der Waals surface area contributed by atoms with Crippen molar-refractivity contribution in [2.24, 2.45) is 0 Å². The predicted molar refractivity (Wildman–Crippen MR) is 83.1 cm³/mol. The van der Waals surface area contributed by atoms with E-state index in [4.69, 9.17) is 0 Å². The minimum atomic E-state index is -4.37. The van der Waals surface area contributed by atoms with E-state index in [-0.39, 0.29) is 16.8 Å². The highest BCUT2D eigenvalue weighted by atomic mass is 32.2. The molecule has 8 heteroatoms. The summed E-state index contributed by atoms with van der Waals surface area (Å²) in [6, 6.07) is 8.74. The van der Waals surface area contributed by atoms with Crippen LogP contribution in [0, 0.1) is 0 Å². The zero-order valence-corrected chi connectivity index (χ0v) is 13.2. The van der Waals surface area contributed by atoms with Gasteiger partial charge in [0.1, 0.15) is 6.54 Å². The highest BCUT2D eigenvalue weighted by molar-refractivity contribution is 7.99. The lowest BCUT2D eigenvalue weighted by Crippen LogP contribution is -2.25. The van der Waals surface area contributed by atoms with E-state index in [2.05, 4.69) is 10.3 Å². The zero-order chi connectivity index (χ0) is 16.9. The van der Waals surface area contributed by atoms with Crippen LogP contribution in [0.5, 0.6) is 0 Å². The Morgan fingerprint density at radius 1 is 1.30 bits per heavy atom. The van der Waals surface area contributed by atoms with Crippen molar-refractivity contribution in [2.45, 2.75) is 24.8 Å². The van der Waals surface area contributed by atoms with Gasteiger partial charge in [-0.05, 0) is 12.5 Å². The maximum absolute atomic E-state index is 12.9. The van der Waals surface area contributed by atoms with Gasteiger partial charge in [0.05, 0.1) is 17.6 Å². The Kier molecular flexibility index (Phi) is 5.70. The molecule has 0 saturated heterocycles. The van der Waals surface area contributed by atoms with E-state index in [0.717, 1.165) is 16.3 Å². The van der Waals surface area contributed by atoms with Gasteiger partial charge in [-0.3, -0.25) is 4.79 Å². The van der Waals surface area contributed by atoms with Gasteiger partial charge in [-0.15, -0.1) is 0 Å². The lowest BCUT2D eigenvalue weighted by Gasteiger charge is -2.14. The van der Waals surface area contributed by atoms with Crippen molar-refractivity contribution in [3.63, 3.8) is 0 Å². The Bertz CT molecular complexity index is 656.